The molecule has 0 saturated carbocycles. The molecule has 0 aliphatic carbocycles. The van der Waals surface area contributed by atoms with Crippen LogP contribution in [0.15, 0.2) is 48.5 Å². The molecule has 3 nitrogen and oxygen atoms in total. The SMILES string of the molecule is CN(Cc1ccc(B(O)O)cc1)Cc1cccc(F)c1. The van der Waals surface area contributed by atoms with Crippen molar-refractivity contribution in [1.82, 2.24) is 4.90 Å². The summed E-state index contributed by atoms with van der Waals surface area (Å²) >= 11 is 0. The van der Waals surface area contributed by atoms with Crippen molar-refractivity contribution < 1.29 is 14.4 Å². The lowest BCUT2D eigenvalue weighted by atomic mass is 9.80. The summed E-state index contributed by atoms with van der Waals surface area (Å²) in [5.41, 5.74) is 2.46. The molecule has 0 aliphatic heterocycles. The van der Waals surface area contributed by atoms with Gasteiger partial charge in [0.05, 0.1) is 0 Å². The quantitative estimate of drug-likeness (QED) is 0.803. The Labute approximate surface area is 118 Å². The van der Waals surface area contributed by atoms with E-state index in [9.17, 15) is 4.39 Å². The maximum atomic E-state index is 13.1. The first kappa shape index (κ1) is 14.7. The Bertz CT molecular complexity index is 560. The highest BCUT2D eigenvalue weighted by Crippen LogP contribution is 2.09. The van der Waals surface area contributed by atoms with Gasteiger partial charge in [0.25, 0.3) is 0 Å². The predicted molar refractivity (Wildman–Crippen MR) is 77.8 cm³/mol. The lowest BCUT2D eigenvalue weighted by molar-refractivity contribution is 0.318. The van der Waals surface area contributed by atoms with Gasteiger partial charge < -0.3 is 10.0 Å². The molecule has 0 heterocycles. The lowest BCUT2D eigenvalue weighted by Gasteiger charge is -2.17. The molecule has 0 aromatic heterocycles. The van der Waals surface area contributed by atoms with Gasteiger partial charge in [0.2, 0.25) is 0 Å². The van der Waals surface area contributed by atoms with Gasteiger partial charge in [-0.05, 0) is 35.8 Å². The van der Waals surface area contributed by atoms with Crippen LogP contribution >= 0.6 is 0 Å². The minimum absolute atomic E-state index is 0.225. The van der Waals surface area contributed by atoms with Crippen molar-refractivity contribution in [2.75, 3.05) is 7.05 Å². The topological polar surface area (TPSA) is 43.7 Å². The molecule has 5 heteroatoms. The normalized spacial score (nSPS) is 10.8. The molecule has 0 saturated heterocycles. The predicted octanol–water partition coefficient (Wildman–Crippen LogP) is 1.14. The number of hydrogen-bond acceptors (Lipinski definition) is 3. The van der Waals surface area contributed by atoms with Gasteiger partial charge in [-0.15, -0.1) is 0 Å². The van der Waals surface area contributed by atoms with E-state index in [2.05, 4.69) is 4.90 Å². The number of hydrogen-bond donors (Lipinski definition) is 2. The monoisotopic (exact) mass is 273 g/mol. The Morgan fingerprint density at radius 2 is 1.65 bits per heavy atom. The fraction of sp³-hybridized carbons (Fsp3) is 0.200. The Morgan fingerprint density at radius 3 is 2.25 bits per heavy atom. The van der Waals surface area contributed by atoms with Gasteiger partial charge in [0, 0.05) is 13.1 Å². The van der Waals surface area contributed by atoms with Crippen LogP contribution in [-0.2, 0) is 13.1 Å². The first-order valence-corrected chi connectivity index (χ1v) is 6.42. The third-order valence-electron chi connectivity index (χ3n) is 3.07. The van der Waals surface area contributed by atoms with Gasteiger partial charge in [-0.1, -0.05) is 36.4 Å². The van der Waals surface area contributed by atoms with Gasteiger partial charge in [-0.3, -0.25) is 4.90 Å². The molecule has 0 atom stereocenters. The first-order chi connectivity index (χ1) is 9.54. The van der Waals surface area contributed by atoms with Crippen molar-refractivity contribution >= 4 is 12.6 Å². The van der Waals surface area contributed by atoms with Crippen LogP contribution < -0.4 is 5.46 Å². The molecule has 0 radical (unpaired) electrons. The molecular weight excluding hydrogens is 256 g/mol. The van der Waals surface area contributed by atoms with Crippen molar-refractivity contribution in [3.8, 4) is 0 Å². The molecule has 0 aliphatic rings. The van der Waals surface area contributed by atoms with Crippen molar-refractivity contribution in [3.05, 3.63) is 65.5 Å². The van der Waals surface area contributed by atoms with Gasteiger partial charge in [0.15, 0.2) is 0 Å². The largest absolute Gasteiger partial charge is 0.488 e. The maximum absolute atomic E-state index is 13.1. The summed E-state index contributed by atoms with van der Waals surface area (Å²) < 4.78 is 13.1. The summed E-state index contributed by atoms with van der Waals surface area (Å²) in [6, 6.07) is 13.7. The summed E-state index contributed by atoms with van der Waals surface area (Å²) in [7, 11) is 0.522. The Balaban J connectivity index is 1.95. The Hall–Kier alpha value is -1.69. The van der Waals surface area contributed by atoms with Crippen LogP contribution in [0.25, 0.3) is 0 Å². The molecule has 2 aromatic rings. The molecule has 2 rings (SSSR count). The number of rotatable bonds is 5. The summed E-state index contributed by atoms with van der Waals surface area (Å²) in [6.45, 7) is 1.36. The summed E-state index contributed by atoms with van der Waals surface area (Å²) in [5.74, 6) is -0.225. The van der Waals surface area contributed by atoms with Crippen molar-refractivity contribution in [2.24, 2.45) is 0 Å². The van der Waals surface area contributed by atoms with E-state index in [0.717, 1.165) is 11.1 Å². The van der Waals surface area contributed by atoms with Gasteiger partial charge in [-0.25, -0.2) is 4.39 Å². The van der Waals surface area contributed by atoms with E-state index in [4.69, 9.17) is 10.0 Å². The highest BCUT2D eigenvalue weighted by molar-refractivity contribution is 6.58. The Kier molecular flexibility index (Phi) is 4.90. The van der Waals surface area contributed by atoms with Crippen molar-refractivity contribution in [1.29, 1.82) is 0 Å². The second kappa shape index (κ2) is 6.66. The average Bonchev–Trinajstić information content (AvgIpc) is 2.39. The van der Waals surface area contributed by atoms with Gasteiger partial charge >= 0.3 is 7.12 Å². The van der Waals surface area contributed by atoms with E-state index >= 15 is 0 Å². The molecule has 0 fully saturated rings. The summed E-state index contributed by atoms with van der Waals surface area (Å²) in [4.78, 5) is 2.07. The van der Waals surface area contributed by atoms with Crippen LogP contribution in [0.5, 0.6) is 0 Å². The molecule has 2 aromatic carbocycles. The van der Waals surface area contributed by atoms with E-state index in [1.807, 2.05) is 25.2 Å². The second-order valence-electron chi connectivity index (χ2n) is 4.92. The van der Waals surface area contributed by atoms with Crippen molar-refractivity contribution in [2.45, 2.75) is 13.1 Å². The number of benzene rings is 2. The third-order valence-corrected chi connectivity index (χ3v) is 3.07. The maximum Gasteiger partial charge on any atom is 0.488 e. The number of nitrogens with zero attached hydrogens (tertiary/aromatic N) is 1. The highest BCUT2D eigenvalue weighted by Gasteiger charge is 2.10. The van der Waals surface area contributed by atoms with Crippen molar-refractivity contribution in [3.63, 3.8) is 0 Å². The highest BCUT2D eigenvalue weighted by atomic mass is 19.1. The first-order valence-electron chi connectivity index (χ1n) is 6.42. The fourth-order valence-corrected chi connectivity index (χ4v) is 2.11. The van der Waals surface area contributed by atoms with Crippen LogP contribution in [0.1, 0.15) is 11.1 Å². The molecule has 0 spiro atoms. The van der Waals surface area contributed by atoms with Crippen LogP contribution in [-0.4, -0.2) is 29.1 Å². The van der Waals surface area contributed by atoms with Gasteiger partial charge in [0.1, 0.15) is 5.82 Å². The zero-order valence-corrected chi connectivity index (χ0v) is 11.3. The third kappa shape index (κ3) is 4.16. The fourth-order valence-electron chi connectivity index (χ4n) is 2.11. The van der Waals surface area contributed by atoms with E-state index in [0.29, 0.717) is 18.6 Å². The van der Waals surface area contributed by atoms with E-state index in [1.165, 1.54) is 12.1 Å². The zero-order chi connectivity index (χ0) is 14.5. The van der Waals surface area contributed by atoms with Crippen LogP contribution in [0.3, 0.4) is 0 Å². The van der Waals surface area contributed by atoms with Gasteiger partial charge in [-0.2, -0.15) is 0 Å². The number of halogens is 1. The average molecular weight is 273 g/mol. The summed E-state index contributed by atoms with van der Waals surface area (Å²) in [5, 5.41) is 18.1. The lowest BCUT2D eigenvalue weighted by Crippen LogP contribution is -2.29. The van der Waals surface area contributed by atoms with Crippen LogP contribution in [0, 0.1) is 5.82 Å². The van der Waals surface area contributed by atoms with Crippen LogP contribution in [0.2, 0.25) is 0 Å². The molecule has 0 amide bonds. The molecular formula is C15H17BFNO2. The minimum atomic E-state index is -1.44. The van der Waals surface area contributed by atoms with Crippen LogP contribution in [0.4, 0.5) is 4.39 Å². The minimum Gasteiger partial charge on any atom is -0.423 e. The summed E-state index contributed by atoms with van der Waals surface area (Å²) in [6.07, 6.45) is 0. The molecule has 0 unspecified atom stereocenters. The van der Waals surface area contributed by atoms with E-state index < -0.39 is 7.12 Å². The standard InChI is InChI=1S/C15H17BFNO2/c1-18(11-13-3-2-4-15(17)9-13)10-12-5-7-14(8-6-12)16(19)20/h2-9,19-20H,10-11H2,1H3. The van der Waals surface area contributed by atoms with E-state index in [-0.39, 0.29) is 5.82 Å². The Morgan fingerprint density at radius 1 is 1.00 bits per heavy atom. The van der Waals surface area contributed by atoms with E-state index in [1.54, 1.807) is 18.2 Å². The molecule has 20 heavy (non-hydrogen) atoms. The zero-order valence-electron chi connectivity index (χ0n) is 11.3. The molecule has 0 bridgehead atoms. The second-order valence-corrected chi connectivity index (χ2v) is 4.92. The smallest absolute Gasteiger partial charge is 0.423 e. The molecule has 2 N–H and O–H groups in total. The molecule has 104 valence electrons.